The van der Waals surface area contributed by atoms with Crippen molar-refractivity contribution < 1.29 is 24.5 Å². The number of aliphatic carboxylic acids is 1. The second kappa shape index (κ2) is 4.50. The summed E-state index contributed by atoms with van der Waals surface area (Å²) < 4.78 is 5.08. The molecule has 2 N–H and O–H groups in total. The maximum absolute atomic E-state index is 11.8. The quantitative estimate of drug-likeness (QED) is 0.664. The van der Waals surface area contributed by atoms with Gasteiger partial charge in [-0.3, -0.25) is 4.90 Å². The number of nitrogens with zero attached hydrogens (tertiary/aromatic N) is 1. The number of carboxylic acid groups (broad SMARTS) is 1. The highest BCUT2D eigenvalue weighted by Crippen LogP contribution is 2.28. The summed E-state index contributed by atoms with van der Waals surface area (Å²) in [6.45, 7) is 4.77. The number of carbonyl (C=O) groups is 2. The molecule has 0 spiro atoms. The summed E-state index contributed by atoms with van der Waals surface area (Å²) in [6.07, 6.45) is 4.16. The molecule has 0 radical (unpaired) electrons. The molecule has 0 aromatic carbocycles. The third-order valence-corrected chi connectivity index (χ3v) is 2.52. The Hall–Kier alpha value is -1.74. The van der Waals surface area contributed by atoms with Crippen LogP contribution in [0.15, 0.2) is 0 Å². The molecule has 0 aliphatic carbocycles. The summed E-state index contributed by atoms with van der Waals surface area (Å²) in [5, 5.41) is 18.9. The Morgan fingerprint density at radius 1 is 1.50 bits per heavy atom. The second-order valence-corrected chi connectivity index (χ2v) is 5.34. The third-order valence-electron chi connectivity index (χ3n) is 2.52. The fourth-order valence-electron chi connectivity index (χ4n) is 1.72. The van der Waals surface area contributed by atoms with Crippen LogP contribution in [0.2, 0.25) is 0 Å². The number of carboxylic acids is 1. The van der Waals surface area contributed by atoms with E-state index in [9.17, 15) is 14.7 Å². The van der Waals surface area contributed by atoms with Gasteiger partial charge in [-0.1, -0.05) is 5.92 Å². The summed E-state index contributed by atoms with van der Waals surface area (Å²) in [4.78, 5) is 23.8. The molecule has 2 atom stereocenters. The fourth-order valence-corrected chi connectivity index (χ4v) is 1.72. The molecule has 1 amide bonds. The van der Waals surface area contributed by atoms with E-state index in [1.54, 1.807) is 20.8 Å². The van der Waals surface area contributed by atoms with Crippen molar-refractivity contribution in [1.29, 1.82) is 0 Å². The van der Waals surface area contributed by atoms with E-state index in [0.29, 0.717) is 0 Å². The molecule has 1 heterocycles. The first-order chi connectivity index (χ1) is 8.08. The standard InChI is InChI=1S/C12H17NO5/c1-5-12(17)6-8(9(14)15)13(7-12)10(16)18-11(2,3)4/h1,8,17H,6-7H2,2-4H3,(H,14,15)/t8-,12-/m1/s1. The fraction of sp³-hybridized carbons (Fsp3) is 0.667. The maximum atomic E-state index is 11.8. The zero-order valence-corrected chi connectivity index (χ0v) is 10.6. The van der Waals surface area contributed by atoms with Crippen LogP contribution in [0.1, 0.15) is 27.2 Å². The van der Waals surface area contributed by atoms with Crippen molar-refractivity contribution in [1.82, 2.24) is 4.90 Å². The van der Waals surface area contributed by atoms with Gasteiger partial charge in [0.15, 0.2) is 0 Å². The van der Waals surface area contributed by atoms with Crippen molar-refractivity contribution in [3.63, 3.8) is 0 Å². The molecule has 0 unspecified atom stereocenters. The highest BCUT2D eigenvalue weighted by molar-refractivity contribution is 5.81. The van der Waals surface area contributed by atoms with Gasteiger partial charge in [-0.15, -0.1) is 6.42 Å². The van der Waals surface area contributed by atoms with Gasteiger partial charge in [0.1, 0.15) is 17.2 Å². The molecule has 18 heavy (non-hydrogen) atoms. The molecule has 6 heteroatoms. The topological polar surface area (TPSA) is 87.1 Å². The largest absolute Gasteiger partial charge is 0.480 e. The minimum atomic E-state index is -1.61. The van der Waals surface area contributed by atoms with Gasteiger partial charge in [0.25, 0.3) is 0 Å². The highest BCUT2D eigenvalue weighted by Gasteiger charge is 2.48. The Labute approximate surface area is 106 Å². The summed E-state index contributed by atoms with van der Waals surface area (Å²) in [7, 11) is 0. The van der Waals surface area contributed by atoms with Gasteiger partial charge in [0.05, 0.1) is 6.54 Å². The normalized spacial score (nSPS) is 27.7. The number of ether oxygens (including phenoxy) is 1. The predicted molar refractivity (Wildman–Crippen MR) is 62.8 cm³/mol. The van der Waals surface area contributed by atoms with Crippen LogP contribution in [0, 0.1) is 12.3 Å². The first-order valence-electron chi connectivity index (χ1n) is 5.50. The van der Waals surface area contributed by atoms with Crippen molar-refractivity contribution in [2.75, 3.05) is 6.54 Å². The smallest absolute Gasteiger partial charge is 0.411 e. The van der Waals surface area contributed by atoms with E-state index in [4.69, 9.17) is 16.3 Å². The molecule has 0 saturated carbocycles. The first-order valence-corrected chi connectivity index (χ1v) is 5.50. The zero-order chi connectivity index (χ0) is 14.1. The number of hydrogen-bond acceptors (Lipinski definition) is 4. The van der Waals surface area contributed by atoms with Gasteiger partial charge in [0.2, 0.25) is 0 Å². The van der Waals surface area contributed by atoms with Crippen molar-refractivity contribution in [3.8, 4) is 12.3 Å². The molecule has 1 saturated heterocycles. The van der Waals surface area contributed by atoms with Crippen LogP contribution in [-0.4, -0.2) is 51.0 Å². The van der Waals surface area contributed by atoms with Crippen LogP contribution in [-0.2, 0) is 9.53 Å². The van der Waals surface area contributed by atoms with Gasteiger partial charge in [-0.25, -0.2) is 9.59 Å². The Balaban J connectivity index is 2.90. The van der Waals surface area contributed by atoms with Crippen LogP contribution in [0.5, 0.6) is 0 Å². The summed E-state index contributed by atoms with van der Waals surface area (Å²) in [6, 6.07) is -1.17. The Morgan fingerprint density at radius 2 is 2.06 bits per heavy atom. The van der Waals surface area contributed by atoms with Crippen molar-refractivity contribution in [2.24, 2.45) is 0 Å². The minimum absolute atomic E-state index is 0.196. The van der Waals surface area contributed by atoms with Gasteiger partial charge in [-0.2, -0.15) is 0 Å². The second-order valence-electron chi connectivity index (χ2n) is 5.34. The van der Waals surface area contributed by atoms with E-state index in [-0.39, 0.29) is 13.0 Å². The first kappa shape index (κ1) is 14.3. The number of carbonyl (C=O) groups excluding carboxylic acids is 1. The van der Waals surface area contributed by atoms with Crippen molar-refractivity contribution in [2.45, 2.75) is 44.4 Å². The lowest BCUT2D eigenvalue weighted by Crippen LogP contribution is -2.44. The number of hydrogen-bond donors (Lipinski definition) is 2. The molecule has 6 nitrogen and oxygen atoms in total. The lowest BCUT2D eigenvalue weighted by Gasteiger charge is -2.26. The molecular weight excluding hydrogens is 238 g/mol. The molecular formula is C12H17NO5. The Morgan fingerprint density at radius 3 is 2.44 bits per heavy atom. The van der Waals surface area contributed by atoms with Crippen molar-refractivity contribution >= 4 is 12.1 Å². The van der Waals surface area contributed by atoms with Crippen molar-refractivity contribution in [3.05, 3.63) is 0 Å². The molecule has 1 aliphatic heterocycles. The Kier molecular flexibility index (Phi) is 3.58. The molecule has 1 fully saturated rings. The molecule has 0 aromatic rings. The minimum Gasteiger partial charge on any atom is -0.480 e. The maximum Gasteiger partial charge on any atom is 0.411 e. The molecule has 0 bridgehead atoms. The summed E-state index contributed by atoms with van der Waals surface area (Å²) in [5.74, 6) is 0.900. The van der Waals surface area contributed by atoms with Gasteiger partial charge in [0, 0.05) is 6.42 Å². The monoisotopic (exact) mass is 255 g/mol. The van der Waals surface area contributed by atoms with Gasteiger partial charge < -0.3 is 14.9 Å². The Bertz CT molecular complexity index is 406. The average Bonchev–Trinajstić information content (AvgIpc) is 2.55. The molecule has 0 aromatic heterocycles. The lowest BCUT2D eigenvalue weighted by molar-refractivity contribution is -0.142. The molecule has 1 aliphatic rings. The zero-order valence-electron chi connectivity index (χ0n) is 10.6. The number of amides is 1. The van der Waals surface area contributed by atoms with E-state index >= 15 is 0 Å². The number of aliphatic hydroxyl groups is 1. The van der Waals surface area contributed by atoms with E-state index in [1.807, 2.05) is 0 Å². The summed E-state index contributed by atoms with van der Waals surface area (Å²) >= 11 is 0. The summed E-state index contributed by atoms with van der Waals surface area (Å²) in [5.41, 5.74) is -2.35. The van der Waals surface area contributed by atoms with Crippen LogP contribution in [0.3, 0.4) is 0 Å². The van der Waals surface area contributed by atoms with Crippen LogP contribution in [0.25, 0.3) is 0 Å². The van der Waals surface area contributed by atoms with Crippen LogP contribution in [0.4, 0.5) is 4.79 Å². The number of terminal acetylenes is 1. The van der Waals surface area contributed by atoms with Crippen LogP contribution < -0.4 is 0 Å². The molecule has 100 valence electrons. The van der Waals surface area contributed by atoms with Gasteiger partial charge >= 0.3 is 12.1 Å². The number of likely N-dealkylation sites (tertiary alicyclic amines) is 1. The predicted octanol–water partition coefficient (Wildman–Crippen LogP) is 0.445. The van der Waals surface area contributed by atoms with E-state index < -0.39 is 29.3 Å². The number of rotatable bonds is 1. The van der Waals surface area contributed by atoms with E-state index in [0.717, 1.165) is 4.90 Å². The van der Waals surface area contributed by atoms with Gasteiger partial charge in [-0.05, 0) is 20.8 Å². The third kappa shape index (κ3) is 3.14. The number of β-amino-alcohol motifs (C(OH)–C–C–N with tert-alkyl or cyclic N) is 1. The SMILES string of the molecule is C#C[C@@]1(O)C[C@H](C(=O)O)N(C(=O)OC(C)(C)C)C1. The lowest BCUT2D eigenvalue weighted by atomic mass is 10.0. The van der Waals surface area contributed by atoms with Crippen LogP contribution >= 0.6 is 0 Å². The molecule has 1 rings (SSSR count). The van der Waals surface area contributed by atoms with E-state index in [2.05, 4.69) is 5.92 Å². The van der Waals surface area contributed by atoms with E-state index in [1.165, 1.54) is 0 Å². The average molecular weight is 255 g/mol. The highest BCUT2D eigenvalue weighted by atomic mass is 16.6.